The highest BCUT2D eigenvalue weighted by atomic mass is 31.2. The number of hydrogen-bond acceptors (Lipinski definition) is 6. The fraction of sp³-hybridized carbons (Fsp3) is 0.138. The quantitative estimate of drug-likeness (QED) is 0.260. The Labute approximate surface area is 220 Å². The largest absolute Gasteiger partial charge is 0.450 e. The van der Waals surface area contributed by atoms with Crippen LogP contribution in [0, 0.1) is 0 Å². The summed E-state index contributed by atoms with van der Waals surface area (Å²) in [7, 11) is -7.34. The van der Waals surface area contributed by atoms with Gasteiger partial charge in [-0.05, 0) is 42.3 Å². The topological polar surface area (TPSA) is 82.1 Å². The molecule has 0 bridgehead atoms. The lowest BCUT2D eigenvalue weighted by atomic mass is 10.0. The molecule has 0 saturated carbocycles. The molecule has 0 N–H and O–H groups in total. The Bertz CT molecular complexity index is 1540. The van der Waals surface area contributed by atoms with Crippen LogP contribution in [0.5, 0.6) is 11.5 Å². The van der Waals surface area contributed by atoms with Crippen LogP contribution in [0.25, 0.3) is 22.3 Å². The number of amides is 1. The highest BCUT2D eigenvalue weighted by molar-refractivity contribution is 7.68. The summed E-state index contributed by atoms with van der Waals surface area (Å²) in [4.78, 5) is 14.4. The van der Waals surface area contributed by atoms with Crippen LogP contribution in [0.4, 0.5) is 4.79 Å². The first-order chi connectivity index (χ1) is 18.4. The lowest BCUT2D eigenvalue weighted by Gasteiger charge is -2.35. The molecule has 1 amide bonds. The maximum atomic E-state index is 14.5. The average Bonchev–Trinajstić information content (AvgIpc) is 2.93. The van der Waals surface area contributed by atoms with Gasteiger partial charge in [-0.2, -0.15) is 0 Å². The third-order valence-corrected chi connectivity index (χ3v) is 11.3. The number of carbonyl (C=O) groups excluding carboxylic acids is 1. The van der Waals surface area contributed by atoms with E-state index in [1.807, 2.05) is 60.7 Å². The van der Waals surface area contributed by atoms with Crippen LogP contribution in [0.15, 0.2) is 97.1 Å². The van der Waals surface area contributed by atoms with Crippen molar-refractivity contribution in [1.82, 2.24) is 4.90 Å². The number of rotatable bonds is 5. The molecule has 0 spiro atoms. The van der Waals surface area contributed by atoms with Gasteiger partial charge in [0.1, 0.15) is 24.1 Å². The van der Waals surface area contributed by atoms with Crippen molar-refractivity contribution >= 4 is 31.4 Å². The second kappa shape index (κ2) is 9.50. The van der Waals surface area contributed by atoms with E-state index in [1.54, 1.807) is 43.3 Å². The molecule has 38 heavy (non-hydrogen) atoms. The van der Waals surface area contributed by atoms with Crippen molar-refractivity contribution in [2.24, 2.45) is 0 Å². The average molecular weight is 545 g/mol. The zero-order chi connectivity index (χ0) is 26.3. The van der Waals surface area contributed by atoms with Crippen molar-refractivity contribution in [3.05, 3.63) is 97.1 Å². The summed E-state index contributed by atoms with van der Waals surface area (Å²) >= 11 is 0. The highest BCUT2D eigenvalue weighted by Crippen LogP contribution is 2.58. The van der Waals surface area contributed by atoms with Crippen LogP contribution in [0.1, 0.15) is 6.92 Å². The molecule has 2 unspecified atom stereocenters. The maximum absolute atomic E-state index is 14.5. The van der Waals surface area contributed by atoms with E-state index < -0.39 is 20.8 Å². The van der Waals surface area contributed by atoms with Crippen molar-refractivity contribution < 1.29 is 27.7 Å². The summed E-state index contributed by atoms with van der Waals surface area (Å²) in [5.41, 5.74) is 3.21. The number of ether oxygens (including phenoxy) is 1. The van der Waals surface area contributed by atoms with E-state index >= 15 is 0 Å². The summed E-state index contributed by atoms with van der Waals surface area (Å²) in [6.07, 6.45) is -1.39. The van der Waals surface area contributed by atoms with Crippen molar-refractivity contribution in [1.29, 1.82) is 0 Å². The molecule has 0 aliphatic carbocycles. The van der Waals surface area contributed by atoms with E-state index in [0.29, 0.717) is 22.1 Å². The molecule has 2 aliphatic heterocycles. The van der Waals surface area contributed by atoms with Crippen LogP contribution >= 0.6 is 14.7 Å². The third kappa shape index (κ3) is 4.13. The van der Waals surface area contributed by atoms with Gasteiger partial charge in [0.15, 0.2) is 0 Å². The van der Waals surface area contributed by atoms with Gasteiger partial charge in [-0.25, -0.2) is 4.79 Å². The summed E-state index contributed by atoms with van der Waals surface area (Å²) in [5.74, 6) is 0.941. The van der Waals surface area contributed by atoms with E-state index in [-0.39, 0.29) is 19.2 Å². The van der Waals surface area contributed by atoms with Gasteiger partial charge in [0.2, 0.25) is 0 Å². The van der Waals surface area contributed by atoms with Gasteiger partial charge in [0, 0.05) is 11.1 Å². The van der Waals surface area contributed by atoms with Crippen LogP contribution in [0.3, 0.4) is 0 Å². The number of nitrogens with zero attached hydrogens (tertiary/aromatic N) is 1. The first kappa shape index (κ1) is 24.5. The number of benzene rings is 4. The van der Waals surface area contributed by atoms with Crippen molar-refractivity contribution in [3.63, 3.8) is 0 Å². The Balaban J connectivity index is 1.41. The standard InChI is InChI=1S/C29H25NO6P2/c1-2-34-29(31)30(19-37(32)27-17-9-5-13-23(27)21-11-3-7-15-25(21)35-37)20-38(33)28-18-10-6-14-24(28)22-12-4-8-16-26(22)36-38/h3-18H,2,19-20H2,1H3. The molecule has 9 heteroatoms. The monoisotopic (exact) mass is 545 g/mol. The number of hydrogen-bond donors (Lipinski definition) is 0. The predicted octanol–water partition coefficient (Wildman–Crippen LogP) is 6.69. The number of para-hydroxylation sites is 2. The molecule has 0 fully saturated rings. The van der Waals surface area contributed by atoms with Gasteiger partial charge in [-0.1, -0.05) is 72.8 Å². The Morgan fingerprint density at radius 3 is 1.50 bits per heavy atom. The number of fused-ring (bicyclic) bond motifs is 6. The van der Waals surface area contributed by atoms with E-state index in [0.717, 1.165) is 22.3 Å². The normalized spacial score (nSPS) is 20.4. The van der Waals surface area contributed by atoms with E-state index in [9.17, 15) is 13.9 Å². The highest BCUT2D eigenvalue weighted by Gasteiger charge is 2.44. The molecule has 2 atom stereocenters. The molecular formula is C29H25NO6P2. The van der Waals surface area contributed by atoms with Gasteiger partial charge in [-0.3, -0.25) is 14.0 Å². The maximum Gasteiger partial charge on any atom is 0.410 e. The zero-order valence-corrected chi connectivity index (χ0v) is 22.4. The van der Waals surface area contributed by atoms with Crippen LogP contribution in [-0.2, 0) is 13.9 Å². The van der Waals surface area contributed by atoms with Gasteiger partial charge in [0.05, 0.1) is 17.2 Å². The molecular weight excluding hydrogens is 520 g/mol. The Hall–Kier alpha value is -3.79. The molecule has 0 aromatic heterocycles. The van der Waals surface area contributed by atoms with E-state index in [4.69, 9.17) is 13.8 Å². The van der Waals surface area contributed by atoms with Crippen LogP contribution in [0.2, 0.25) is 0 Å². The summed E-state index contributed by atoms with van der Waals surface area (Å²) in [5, 5.41) is 1.00. The molecule has 6 rings (SSSR count). The SMILES string of the molecule is CCOC(=O)N(CP1(=O)Oc2ccccc2-c2ccccc21)CP1(=O)Oc2ccccc2-c2ccccc21. The summed E-state index contributed by atoms with van der Waals surface area (Å²) in [6, 6.07) is 29.3. The molecule has 4 aromatic carbocycles. The first-order valence-electron chi connectivity index (χ1n) is 12.3. The summed E-state index contributed by atoms with van der Waals surface area (Å²) in [6.45, 7) is 1.79. The minimum atomic E-state index is -3.67. The summed E-state index contributed by atoms with van der Waals surface area (Å²) < 4.78 is 46.6. The van der Waals surface area contributed by atoms with Crippen molar-refractivity contribution in [2.75, 3.05) is 19.2 Å². The Kier molecular flexibility index (Phi) is 6.14. The van der Waals surface area contributed by atoms with E-state index in [1.165, 1.54) is 4.90 Å². The minimum Gasteiger partial charge on any atom is -0.450 e. The fourth-order valence-corrected chi connectivity index (χ4v) is 9.79. The Morgan fingerprint density at radius 2 is 1.05 bits per heavy atom. The second-order valence-corrected chi connectivity index (χ2v) is 13.7. The predicted molar refractivity (Wildman–Crippen MR) is 148 cm³/mol. The number of carbonyl (C=O) groups is 1. The van der Waals surface area contributed by atoms with Crippen LogP contribution in [-0.4, -0.2) is 30.2 Å². The minimum absolute atomic E-state index is 0.102. The molecule has 0 saturated heterocycles. The van der Waals surface area contributed by atoms with Crippen molar-refractivity contribution in [2.45, 2.75) is 6.92 Å². The molecule has 4 aromatic rings. The van der Waals surface area contributed by atoms with Gasteiger partial charge in [0.25, 0.3) is 14.7 Å². The van der Waals surface area contributed by atoms with E-state index in [2.05, 4.69) is 0 Å². The fourth-order valence-electron chi connectivity index (χ4n) is 4.99. The zero-order valence-electron chi connectivity index (χ0n) is 20.7. The second-order valence-electron chi connectivity index (χ2n) is 9.08. The van der Waals surface area contributed by atoms with Crippen LogP contribution < -0.4 is 19.7 Å². The molecule has 0 radical (unpaired) electrons. The Morgan fingerprint density at radius 1 is 0.658 bits per heavy atom. The molecule has 2 aliphatic rings. The van der Waals surface area contributed by atoms with Gasteiger partial charge < -0.3 is 13.8 Å². The smallest absolute Gasteiger partial charge is 0.410 e. The third-order valence-electron chi connectivity index (χ3n) is 6.63. The van der Waals surface area contributed by atoms with Crippen molar-refractivity contribution in [3.8, 4) is 33.8 Å². The molecule has 7 nitrogen and oxygen atoms in total. The lowest BCUT2D eigenvalue weighted by molar-refractivity contribution is 0.117. The van der Waals surface area contributed by atoms with Gasteiger partial charge >= 0.3 is 6.09 Å². The molecule has 2 heterocycles. The first-order valence-corrected chi connectivity index (χ1v) is 15.9. The molecule has 192 valence electrons. The lowest BCUT2D eigenvalue weighted by Crippen LogP contribution is -2.39. The van der Waals surface area contributed by atoms with Gasteiger partial charge in [-0.15, -0.1) is 0 Å².